The first-order chi connectivity index (χ1) is 17.3. The molecule has 4 rings (SSSR count). The highest BCUT2D eigenvalue weighted by Gasteiger charge is 2.37. The zero-order valence-electron chi connectivity index (χ0n) is 19.5. The van der Waals surface area contributed by atoms with Crippen molar-refractivity contribution in [2.24, 2.45) is 0 Å². The molecule has 1 aliphatic heterocycles. The largest absolute Gasteiger partial charge is 0.490 e. The van der Waals surface area contributed by atoms with E-state index in [9.17, 15) is 18.8 Å². The molecule has 1 saturated heterocycles. The number of nitrogens with zero attached hydrogens (tertiary/aromatic N) is 1. The number of hydrogen-bond donors (Lipinski definition) is 1. The van der Waals surface area contributed by atoms with Gasteiger partial charge in [0.05, 0.1) is 12.3 Å². The topological polar surface area (TPSA) is 84.9 Å². The lowest BCUT2D eigenvalue weighted by Gasteiger charge is -2.26. The number of amides is 4. The Hall–Kier alpha value is -3.98. The summed E-state index contributed by atoms with van der Waals surface area (Å²) in [4.78, 5) is 39.1. The summed E-state index contributed by atoms with van der Waals surface area (Å²) in [6.07, 6.45) is 1.39. The number of urea groups is 1. The molecule has 7 nitrogen and oxygen atoms in total. The Morgan fingerprint density at radius 1 is 1.00 bits per heavy atom. The van der Waals surface area contributed by atoms with Crippen LogP contribution in [-0.2, 0) is 16.2 Å². The predicted octanol–water partition coefficient (Wildman–Crippen LogP) is 5.54. The third-order valence-electron chi connectivity index (χ3n) is 5.36. The fourth-order valence-corrected chi connectivity index (χ4v) is 3.86. The summed E-state index contributed by atoms with van der Waals surface area (Å²) in [6, 6.07) is 15.2. The van der Waals surface area contributed by atoms with Crippen LogP contribution >= 0.6 is 15.9 Å². The van der Waals surface area contributed by atoms with Crippen LogP contribution in [0.1, 0.15) is 23.6 Å². The fourth-order valence-electron chi connectivity index (χ4n) is 3.62. The lowest BCUT2D eigenvalue weighted by molar-refractivity contribution is -0.122. The average molecular weight is 553 g/mol. The maximum Gasteiger partial charge on any atom is 0.335 e. The molecular weight excluding hydrogens is 531 g/mol. The van der Waals surface area contributed by atoms with Crippen LogP contribution in [0.15, 0.2) is 70.7 Å². The lowest BCUT2D eigenvalue weighted by Crippen LogP contribution is -2.54. The van der Waals surface area contributed by atoms with E-state index in [1.165, 1.54) is 18.2 Å². The SMILES string of the molecule is CCOc1cc(/C=C2\C(=O)NC(=O)N(c3ccc(Br)c(C)c3)C2=O)ccc1OCc1cccc(F)c1. The van der Waals surface area contributed by atoms with Crippen molar-refractivity contribution in [2.45, 2.75) is 20.5 Å². The highest BCUT2D eigenvalue weighted by atomic mass is 79.9. The van der Waals surface area contributed by atoms with Crippen LogP contribution in [0.5, 0.6) is 11.5 Å². The normalized spacial score (nSPS) is 14.7. The summed E-state index contributed by atoms with van der Waals surface area (Å²) in [7, 11) is 0. The number of ether oxygens (including phenoxy) is 2. The first-order valence-electron chi connectivity index (χ1n) is 11.1. The van der Waals surface area contributed by atoms with E-state index in [-0.39, 0.29) is 18.0 Å². The van der Waals surface area contributed by atoms with Crippen molar-refractivity contribution in [2.75, 3.05) is 11.5 Å². The van der Waals surface area contributed by atoms with Crippen LogP contribution in [0.25, 0.3) is 6.08 Å². The van der Waals surface area contributed by atoms with Crippen LogP contribution < -0.4 is 19.7 Å². The summed E-state index contributed by atoms with van der Waals surface area (Å²) < 4.78 is 25.8. The van der Waals surface area contributed by atoms with E-state index in [4.69, 9.17) is 9.47 Å². The number of aryl methyl sites for hydroxylation is 1. The molecule has 0 aromatic heterocycles. The molecule has 4 amide bonds. The minimum absolute atomic E-state index is 0.128. The molecule has 0 radical (unpaired) electrons. The van der Waals surface area contributed by atoms with Gasteiger partial charge in [-0.25, -0.2) is 14.1 Å². The first-order valence-corrected chi connectivity index (χ1v) is 11.9. The summed E-state index contributed by atoms with van der Waals surface area (Å²) in [6.45, 7) is 4.11. The number of rotatable bonds is 7. The van der Waals surface area contributed by atoms with Gasteiger partial charge in [0.25, 0.3) is 11.8 Å². The molecule has 184 valence electrons. The van der Waals surface area contributed by atoms with Gasteiger partial charge < -0.3 is 9.47 Å². The Morgan fingerprint density at radius 3 is 2.53 bits per heavy atom. The second kappa shape index (κ2) is 10.7. The maximum absolute atomic E-state index is 13.5. The zero-order valence-corrected chi connectivity index (χ0v) is 21.1. The monoisotopic (exact) mass is 552 g/mol. The number of benzene rings is 3. The van der Waals surface area contributed by atoms with E-state index in [2.05, 4.69) is 21.2 Å². The van der Waals surface area contributed by atoms with E-state index in [0.717, 1.165) is 14.9 Å². The molecule has 1 aliphatic rings. The molecular formula is C27H22BrFN2O5. The van der Waals surface area contributed by atoms with Crippen molar-refractivity contribution in [3.63, 3.8) is 0 Å². The van der Waals surface area contributed by atoms with Gasteiger partial charge in [0.1, 0.15) is 18.0 Å². The highest BCUT2D eigenvalue weighted by molar-refractivity contribution is 9.10. The van der Waals surface area contributed by atoms with E-state index in [0.29, 0.717) is 34.9 Å². The van der Waals surface area contributed by atoms with Gasteiger partial charge in [-0.1, -0.05) is 34.1 Å². The summed E-state index contributed by atoms with van der Waals surface area (Å²) in [5.74, 6) is -1.08. The molecule has 9 heteroatoms. The molecule has 0 spiro atoms. The number of imide groups is 2. The van der Waals surface area contributed by atoms with Gasteiger partial charge in [-0.3, -0.25) is 14.9 Å². The molecule has 0 unspecified atom stereocenters. The van der Waals surface area contributed by atoms with E-state index in [1.807, 2.05) is 13.8 Å². The van der Waals surface area contributed by atoms with Gasteiger partial charge in [0.2, 0.25) is 0 Å². The van der Waals surface area contributed by atoms with Gasteiger partial charge >= 0.3 is 6.03 Å². The Labute approximate surface area is 215 Å². The zero-order chi connectivity index (χ0) is 25.8. The van der Waals surface area contributed by atoms with E-state index in [1.54, 1.807) is 48.5 Å². The van der Waals surface area contributed by atoms with Crippen LogP contribution in [0.3, 0.4) is 0 Å². The van der Waals surface area contributed by atoms with E-state index >= 15 is 0 Å². The third kappa shape index (κ3) is 5.46. The van der Waals surface area contributed by atoms with Gasteiger partial charge in [0.15, 0.2) is 11.5 Å². The summed E-state index contributed by atoms with van der Waals surface area (Å²) >= 11 is 3.39. The number of anilines is 1. The number of hydrogen-bond acceptors (Lipinski definition) is 5. The minimum Gasteiger partial charge on any atom is -0.490 e. The average Bonchev–Trinajstić information content (AvgIpc) is 2.83. The number of halogens is 2. The minimum atomic E-state index is -0.819. The van der Waals surface area contributed by atoms with Gasteiger partial charge in [-0.05, 0) is 79.1 Å². The lowest BCUT2D eigenvalue weighted by atomic mass is 10.1. The van der Waals surface area contributed by atoms with Crippen molar-refractivity contribution < 1.29 is 28.2 Å². The van der Waals surface area contributed by atoms with Gasteiger partial charge in [-0.15, -0.1) is 0 Å². The second-order valence-corrected chi connectivity index (χ2v) is 8.80. The number of barbiturate groups is 1. The van der Waals surface area contributed by atoms with Crippen molar-refractivity contribution >= 4 is 45.5 Å². The van der Waals surface area contributed by atoms with Crippen LogP contribution in [0.2, 0.25) is 0 Å². The van der Waals surface area contributed by atoms with Gasteiger partial charge in [0, 0.05) is 4.47 Å². The maximum atomic E-state index is 13.5. The highest BCUT2D eigenvalue weighted by Crippen LogP contribution is 2.31. The van der Waals surface area contributed by atoms with Gasteiger partial charge in [-0.2, -0.15) is 0 Å². The molecule has 3 aromatic carbocycles. The molecule has 0 bridgehead atoms. The molecule has 0 atom stereocenters. The Morgan fingerprint density at radius 2 is 1.81 bits per heavy atom. The van der Waals surface area contributed by atoms with Crippen LogP contribution in [0.4, 0.5) is 14.9 Å². The molecule has 1 heterocycles. The molecule has 1 fully saturated rings. The van der Waals surface area contributed by atoms with Crippen molar-refractivity contribution in [1.82, 2.24) is 5.32 Å². The molecule has 1 N–H and O–H groups in total. The quantitative estimate of drug-likeness (QED) is 0.307. The van der Waals surface area contributed by atoms with Crippen molar-refractivity contribution in [3.8, 4) is 11.5 Å². The third-order valence-corrected chi connectivity index (χ3v) is 6.25. The van der Waals surface area contributed by atoms with E-state index < -0.39 is 17.8 Å². The van der Waals surface area contributed by atoms with Crippen LogP contribution in [-0.4, -0.2) is 24.5 Å². The smallest absolute Gasteiger partial charge is 0.335 e. The molecule has 36 heavy (non-hydrogen) atoms. The molecule has 0 saturated carbocycles. The summed E-state index contributed by atoms with van der Waals surface area (Å²) in [5.41, 5.74) is 2.11. The Kier molecular flexibility index (Phi) is 7.49. The standard InChI is InChI=1S/C27H22BrFN2O5/c1-3-35-24-14-17(7-10-23(24)36-15-18-5-4-6-19(29)12-18)13-21-25(32)30-27(34)31(26(21)33)20-8-9-22(28)16(2)11-20/h4-14H,3,15H2,1-2H3,(H,30,32,34)/b21-13+. The van der Waals surface area contributed by atoms with Crippen LogP contribution in [0, 0.1) is 12.7 Å². The number of nitrogens with one attached hydrogen (secondary N) is 1. The number of carbonyl (C=O) groups is 3. The Bertz CT molecular complexity index is 1390. The fraction of sp³-hybridized carbons (Fsp3) is 0.148. The predicted molar refractivity (Wildman–Crippen MR) is 136 cm³/mol. The number of carbonyl (C=O) groups excluding carboxylic acids is 3. The first kappa shape index (κ1) is 25.1. The van der Waals surface area contributed by atoms with Crippen molar-refractivity contribution in [1.29, 1.82) is 0 Å². The Balaban J connectivity index is 1.62. The second-order valence-electron chi connectivity index (χ2n) is 7.95. The molecule has 3 aromatic rings. The van der Waals surface area contributed by atoms with Crippen molar-refractivity contribution in [3.05, 3.63) is 93.2 Å². The molecule has 0 aliphatic carbocycles. The summed E-state index contributed by atoms with van der Waals surface area (Å²) in [5, 5.41) is 2.22.